The van der Waals surface area contributed by atoms with Crippen LogP contribution < -0.4 is 4.90 Å². The van der Waals surface area contributed by atoms with Crippen LogP contribution in [0.1, 0.15) is 69.4 Å². The average Bonchev–Trinajstić information content (AvgIpc) is 3.24. The van der Waals surface area contributed by atoms with E-state index in [-0.39, 0.29) is 54.3 Å². The molecule has 1 aromatic carbocycles. The van der Waals surface area contributed by atoms with Crippen molar-refractivity contribution < 1.29 is 33.8 Å². The molecule has 0 radical (unpaired) electrons. The highest BCUT2D eigenvalue weighted by Crippen LogP contribution is 2.38. The molecular weight excluding hydrogens is 624 g/mol. The van der Waals surface area contributed by atoms with Crippen molar-refractivity contribution in [2.24, 2.45) is 0 Å². The Labute approximate surface area is 277 Å². The smallest absolute Gasteiger partial charge is 0.424 e. The molecule has 0 unspecified atom stereocenters. The lowest BCUT2D eigenvalue weighted by atomic mass is 9.97. The maximum Gasteiger partial charge on any atom is 0.424 e. The molecule has 1 fully saturated rings. The molecule has 3 heterocycles. The van der Waals surface area contributed by atoms with Gasteiger partial charge in [0, 0.05) is 31.7 Å². The third-order valence-electron chi connectivity index (χ3n) is 6.93. The molecule has 0 saturated carbocycles. The molecule has 0 bridgehead atoms. The van der Waals surface area contributed by atoms with Crippen LogP contribution in [-0.2, 0) is 9.47 Å². The molecule has 3 aromatic rings. The number of carboxylic acid groups (broad SMARTS) is 1. The van der Waals surface area contributed by atoms with E-state index < -0.39 is 35.4 Å². The van der Waals surface area contributed by atoms with Gasteiger partial charge in [-0.15, -0.1) is 11.3 Å². The molecule has 248 valence electrons. The average molecular weight is 663 g/mol. The molecule has 4 amide bonds. The number of ether oxygens (including phenoxy) is 2. The standard InChI is InChI=1S/C33H38N6O7S/c1-20-9-14-47-27(20)24-19-35-23(18-36-24)26-22(28(40)37-10-8-11-38(13-12-37)29(41)42)15-21(17-34)16-25(26)39(30(43)45-32(2,3)4)31(44)46-33(5,6)7/h9,14-16,18-19H,8,10-13H2,1-7H3,(H,41,42). The first-order valence-corrected chi connectivity index (χ1v) is 15.9. The molecule has 4 rings (SSSR count). The summed E-state index contributed by atoms with van der Waals surface area (Å²) in [6, 6.07) is 6.64. The van der Waals surface area contributed by atoms with E-state index in [1.807, 2.05) is 24.4 Å². The molecule has 1 saturated heterocycles. The number of amides is 4. The fourth-order valence-electron chi connectivity index (χ4n) is 4.88. The highest BCUT2D eigenvalue weighted by molar-refractivity contribution is 7.13. The van der Waals surface area contributed by atoms with E-state index in [1.54, 1.807) is 41.5 Å². The minimum absolute atomic E-state index is 0.0232. The van der Waals surface area contributed by atoms with Crippen LogP contribution in [0.3, 0.4) is 0 Å². The Morgan fingerprint density at radius 1 is 0.915 bits per heavy atom. The summed E-state index contributed by atoms with van der Waals surface area (Å²) in [7, 11) is 0. The number of nitriles is 1. The Bertz CT molecular complexity index is 1690. The molecular formula is C33H38N6O7S. The number of aryl methyl sites for hydroxylation is 1. The minimum atomic E-state index is -1.09. The Balaban J connectivity index is 1.97. The van der Waals surface area contributed by atoms with Crippen LogP contribution in [0.5, 0.6) is 0 Å². The largest absolute Gasteiger partial charge is 0.465 e. The van der Waals surface area contributed by atoms with Crippen molar-refractivity contribution in [3.63, 3.8) is 0 Å². The van der Waals surface area contributed by atoms with Gasteiger partial charge in [-0.3, -0.25) is 14.8 Å². The fourth-order valence-corrected chi connectivity index (χ4v) is 5.77. The van der Waals surface area contributed by atoms with Gasteiger partial charge in [0.15, 0.2) is 0 Å². The number of hydrogen-bond acceptors (Lipinski definition) is 10. The van der Waals surface area contributed by atoms with Crippen molar-refractivity contribution in [2.45, 2.75) is 66.1 Å². The second kappa shape index (κ2) is 13.8. The first kappa shape index (κ1) is 34.8. The summed E-state index contributed by atoms with van der Waals surface area (Å²) >= 11 is 1.49. The summed E-state index contributed by atoms with van der Waals surface area (Å²) in [5, 5.41) is 21.5. The Morgan fingerprint density at radius 3 is 2.00 bits per heavy atom. The van der Waals surface area contributed by atoms with E-state index >= 15 is 0 Å². The molecule has 47 heavy (non-hydrogen) atoms. The quantitative estimate of drug-likeness (QED) is 0.323. The van der Waals surface area contributed by atoms with Crippen molar-refractivity contribution in [1.29, 1.82) is 5.26 Å². The van der Waals surface area contributed by atoms with Crippen LogP contribution in [0.25, 0.3) is 21.8 Å². The van der Waals surface area contributed by atoms with E-state index in [2.05, 4.69) is 9.97 Å². The van der Waals surface area contributed by atoms with Gasteiger partial charge in [-0.05, 0) is 84.0 Å². The zero-order valence-electron chi connectivity index (χ0n) is 27.5. The van der Waals surface area contributed by atoms with Crippen molar-refractivity contribution >= 4 is 41.2 Å². The van der Waals surface area contributed by atoms with Crippen LogP contribution in [-0.4, -0.2) is 86.4 Å². The summed E-state index contributed by atoms with van der Waals surface area (Å²) in [6.07, 6.45) is 0.0867. The van der Waals surface area contributed by atoms with E-state index in [0.717, 1.165) is 10.4 Å². The van der Waals surface area contributed by atoms with Crippen LogP contribution >= 0.6 is 11.3 Å². The van der Waals surface area contributed by atoms with Gasteiger partial charge in [0.1, 0.15) is 11.2 Å². The number of aromatic nitrogens is 2. The maximum absolute atomic E-state index is 14.3. The number of carbonyl (C=O) groups excluding carboxylic acids is 3. The number of imide groups is 1. The van der Waals surface area contributed by atoms with E-state index in [9.17, 15) is 29.5 Å². The topological polar surface area (TPSA) is 166 Å². The predicted octanol–water partition coefficient (Wildman–Crippen LogP) is 6.55. The van der Waals surface area contributed by atoms with Gasteiger partial charge >= 0.3 is 18.3 Å². The van der Waals surface area contributed by atoms with Gasteiger partial charge in [-0.1, -0.05) is 0 Å². The second-order valence-electron chi connectivity index (χ2n) is 13.0. The maximum atomic E-state index is 14.3. The highest BCUT2D eigenvalue weighted by Gasteiger charge is 2.37. The van der Waals surface area contributed by atoms with Crippen LogP contribution in [0, 0.1) is 18.3 Å². The second-order valence-corrected chi connectivity index (χ2v) is 13.9. The lowest BCUT2D eigenvalue weighted by Crippen LogP contribution is -2.44. The summed E-state index contributed by atoms with van der Waals surface area (Å²) < 4.78 is 11.2. The molecule has 0 atom stereocenters. The number of thiophene rings is 1. The molecule has 2 aromatic heterocycles. The summed E-state index contributed by atoms with van der Waals surface area (Å²) in [5.74, 6) is -0.543. The third-order valence-corrected chi connectivity index (χ3v) is 7.97. The molecule has 0 aliphatic carbocycles. The van der Waals surface area contributed by atoms with Crippen molar-refractivity contribution in [3.05, 3.63) is 52.7 Å². The number of hydrogen-bond donors (Lipinski definition) is 1. The minimum Gasteiger partial charge on any atom is -0.465 e. The van der Waals surface area contributed by atoms with E-state index in [4.69, 9.17) is 9.47 Å². The zero-order valence-corrected chi connectivity index (χ0v) is 28.3. The first-order valence-electron chi connectivity index (χ1n) is 15.0. The third kappa shape index (κ3) is 8.42. The van der Waals surface area contributed by atoms with Crippen molar-refractivity contribution in [3.8, 4) is 27.9 Å². The monoisotopic (exact) mass is 662 g/mol. The van der Waals surface area contributed by atoms with Gasteiger partial charge in [0.05, 0.1) is 51.5 Å². The lowest BCUT2D eigenvalue weighted by Gasteiger charge is -2.30. The summed E-state index contributed by atoms with van der Waals surface area (Å²) in [4.78, 5) is 67.0. The van der Waals surface area contributed by atoms with E-state index in [1.165, 1.54) is 45.7 Å². The van der Waals surface area contributed by atoms with Gasteiger partial charge in [-0.25, -0.2) is 14.4 Å². The number of benzene rings is 1. The zero-order chi connectivity index (χ0) is 34.7. The van der Waals surface area contributed by atoms with Crippen molar-refractivity contribution in [1.82, 2.24) is 19.8 Å². The number of carbonyl (C=O) groups is 4. The SMILES string of the molecule is Cc1ccsc1-c1cnc(-c2c(C(=O)N3CCCN(C(=O)O)CC3)cc(C#N)cc2N(C(=O)OC(C)(C)C)C(=O)OC(C)(C)C)cn1. The Kier molecular flexibility index (Phi) is 10.2. The molecule has 13 nitrogen and oxygen atoms in total. The molecule has 1 N–H and O–H groups in total. The number of rotatable bonds is 4. The number of nitrogens with zero attached hydrogens (tertiary/aromatic N) is 6. The van der Waals surface area contributed by atoms with Crippen LogP contribution in [0.15, 0.2) is 36.0 Å². The predicted molar refractivity (Wildman–Crippen MR) is 175 cm³/mol. The molecule has 14 heteroatoms. The molecule has 0 spiro atoms. The summed E-state index contributed by atoms with van der Waals surface area (Å²) in [5.41, 5.74) is -0.481. The van der Waals surface area contributed by atoms with Crippen LogP contribution in [0.4, 0.5) is 20.1 Å². The lowest BCUT2D eigenvalue weighted by molar-refractivity contribution is 0.0430. The van der Waals surface area contributed by atoms with Gasteiger partial charge in [-0.2, -0.15) is 10.2 Å². The fraction of sp³-hybridized carbons (Fsp3) is 0.424. The normalized spacial score (nSPS) is 13.7. The van der Waals surface area contributed by atoms with Gasteiger partial charge in [0.25, 0.3) is 5.91 Å². The number of anilines is 1. The Morgan fingerprint density at radius 2 is 1.49 bits per heavy atom. The van der Waals surface area contributed by atoms with Gasteiger partial charge < -0.3 is 24.4 Å². The Hall–Kier alpha value is -5.03. The van der Waals surface area contributed by atoms with Crippen LogP contribution in [0.2, 0.25) is 0 Å². The first-order chi connectivity index (χ1) is 22.0. The highest BCUT2D eigenvalue weighted by atomic mass is 32.1. The molecule has 1 aliphatic heterocycles. The van der Waals surface area contributed by atoms with Gasteiger partial charge in [0.2, 0.25) is 0 Å². The van der Waals surface area contributed by atoms with Crippen molar-refractivity contribution in [2.75, 3.05) is 31.1 Å². The van der Waals surface area contributed by atoms with E-state index in [0.29, 0.717) is 17.0 Å². The summed E-state index contributed by atoms with van der Waals surface area (Å²) in [6.45, 7) is 12.4. The molecule has 1 aliphatic rings.